The summed E-state index contributed by atoms with van der Waals surface area (Å²) in [5.74, 6) is -0.238. The molecule has 0 aromatic heterocycles. The number of aromatic hydroxyl groups is 1. The second-order valence-corrected chi connectivity index (χ2v) is 13.4. The number of allylic oxidation sites excluding steroid dienone is 6. The van der Waals surface area contributed by atoms with Crippen LogP contribution in [-0.4, -0.2) is 103 Å². The number of nitrogens with zero attached hydrogens (tertiary/aromatic N) is 3. The zero-order valence-corrected chi connectivity index (χ0v) is 30.7. The minimum Gasteiger partial charge on any atom is -0.508 e. The van der Waals surface area contributed by atoms with Gasteiger partial charge < -0.3 is 25.0 Å². The van der Waals surface area contributed by atoms with Crippen molar-refractivity contribution in [3.05, 3.63) is 138 Å². The Morgan fingerprint density at radius 1 is 0.962 bits per heavy atom. The smallest absolute Gasteiger partial charge is 0.254 e. The summed E-state index contributed by atoms with van der Waals surface area (Å²) < 4.78 is 5.88. The number of hydrogen-bond donors (Lipinski definition) is 3. The minimum absolute atomic E-state index is 0.218. The van der Waals surface area contributed by atoms with Gasteiger partial charge in [0.05, 0.1) is 0 Å². The molecule has 3 saturated heterocycles. The number of carbonyl (C=O) groups is 3. The minimum atomic E-state index is -0.657. The van der Waals surface area contributed by atoms with Crippen LogP contribution >= 0.6 is 0 Å². The van der Waals surface area contributed by atoms with Crippen molar-refractivity contribution in [2.24, 2.45) is 0 Å². The molecule has 53 heavy (non-hydrogen) atoms. The van der Waals surface area contributed by atoms with Crippen molar-refractivity contribution in [3.8, 4) is 5.75 Å². The number of imide groups is 1. The average molecular weight is 718 g/mol. The van der Waals surface area contributed by atoms with Gasteiger partial charge in [0.25, 0.3) is 5.91 Å². The largest absolute Gasteiger partial charge is 0.508 e. The Hall–Kier alpha value is -5.45. The number of nitrogens with one attached hydrogen (secondary N) is 2. The highest BCUT2D eigenvalue weighted by molar-refractivity contribution is 6.06. The van der Waals surface area contributed by atoms with Crippen molar-refractivity contribution < 1.29 is 24.2 Å². The van der Waals surface area contributed by atoms with Crippen LogP contribution in [0.5, 0.6) is 5.75 Å². The summed E-state index contributed by atoms with van der Waals surface area (Å²) in [4.78, 5) is 42.9. The van der Waals surface area contributed by atoms with E-state index < -0.39 is 11.9 Å². The molecule has 0 radical (unpaired) electrons. The van der Waals surface area contributed by atoms with E-state index in [1.54, 1.807) is 12.1 Å². The second-order valence-electron chi connectivity index (χ2n) is 13.4. The topological polar surface area (TPSA) is 114 Å². The molecule has 0 aliphatic carbocycles. The molecule has 3 N–H and O–H groups in total. The first-order chi connectivity index (χ1) is 25.5. The first-order valence-corrected chi connectivity index (χ1v) is 18.2. The number of phenolic OH excluding ortho intramolecular Hbond substituents is 1. The molecule has 3 heterocycles. The maximum absolute atomic E-state index is 12.9. The van der Waals surface area contributed by atoms with Gasteiger partial charge in [-0.1, -0.05) is 81.8 Å². The predicted octanol–water partition coefficient (Wildman–Crippen LogP) is 5.21. The van der Waals surface area contributed by atoms with Crippen LogP contribution in [0.3, 0.4) is 0 Å². The summed E-state index contributed by atoms with van der Waals surface area (Å²) in [6.07, 6.45) is 7.04. The molecule has 1 atom stereocenters. The summed E-state index contributed by atoms with van der Waals surface area (Å²) >= 11 is 0. The van der Waals surface area contributed by atoms with Gasteiger partial charge in [-0.3, -0.25) is 24.6 Å². The molecule has 278 valence electrons. The van der Waals surface area contributed by atoms with Gasteiger partial charge in [0.1, 0.15) is 24.2 Å². The van der Waals surface area contributed by atoms with Crippen LogP contribution in [0.15, 0.2) is 127 Å². The molecule has 3 aliphatic rings. The molecule has 2 aromatic rings. The van der Waals surface area contributed by atoms with Gasteiger partial charge in [0.2, 0.25) is 11.8 Å². The Morgan fingerprint density at radius 3 is 2.36 bits per heavy atom. The SMILES string of the molecule is C=C(/C=C\C(=C)/C(=C(/CC)c1ccccc1)c1ccc(O)cc1)OCCNCCN1CCN(C(=C)/C=C2/CN(C3CCC(=O)NC3=O)C(=O)C2=C)CC1. The van der Waals surface area contributed by atoms with Gasteiger partial charge in [0, 0.05) is 70.0 Å². The molecule has 3 aliphatic heterocycles. The van der Waals surface area contributed by atoms with Crippen molar-refractivity contribution in [2.45, 2.75) is 32.2 Å². The Bertz CT molecular complexity index is 1820. The van der Waals surface area contributed by atoms with E-state index in [0.717, 1.165) is 79.2 Å². The van der Waals surface area contributed by atoms with E-state index in [-0.39, 0.29) is 30.5 Å². The molecule has 0 spiro atoms. The molecule has 2 aromatic carbocycles. The van der Waals surface area contributed by atoms with Crippen LogP contribution in [0.25, 0.3) is 11.1 Å². The van der Waals surface area contributed by atoms with Gasteiger partial charge in [-0.05, 0) is 70.5 Å². The van der Waals surface area contributed by atoms with Crippen LogP contribution in [-0.2, 0) is 19.1 Å². The number of phenols is 1. The molecule has 10 nitrogen and oxygen atoms in total. The molecule has 1 unspecified atom stereocenters. The molecule has 0 saturated carbocycles. The van der Waals surface area contributed by atoms with E-state index in [9.17, 15) is 19.5 Å². The summed E-state index contributed by atoms with van der Waals surface area (Å²) in [5.41, 5.74) is 7.06. The number of piperidine rings is 1. The van der Waals surface area contributed by atoms with E-state index in [1.165, 1.54) is 10.5 Å². The zero-order valence-electron chi connectivity index (χ0n) is 30.7. The molecule has 3 fully saturated rings. The van der Waals surface area contributed by atoms with Crippen LogP contribution in [0, 0.1) is 0 Å². The lowest BCUT2D eigenvalue weighted by Crippen LogP contribution is -2.52. The van der Waals surface area contributed by atoms with Crippen molar-refractivity contribution >= 4 is 28.9 Å². The standard InChI is InChI=1S/C43H51N5O5/c1-6-38(34-10-8-7-9-11-34)41(35-14-16-37(49)17-15-35)30(2)12-13-32(4)53-27-21-44-20-22-46-23-25-47(26-24-46)31(3)28-36-29-48(43(52)33(36)5)39-18-19-40(50)45-42(39)51/h7-17,28,39,44,49H,2-6,18-27,29H2,1H3,(H,45,50,51)/b13-12-,36-28-,41-38+. The van der Waals surface area contributed by atoms with Crippen LogP contribution in [0.1, 0.15) is 37.3 Å². The molecular weight excluding hydrogens is 667 g/mol. The zero-order chi connectivity index (χ0) is 37.9. The molecule has 10 heteroatoms. The van der Waals surface area contributed by atoms with E-state index in [0.29, 0.717) is 30.9 Å². The van der Waals surface area contributed by atoms with Crippen molar-refractivity contribution in [3.63, 3.8) is 0 Å². The lowest BCUT2D eigenvalue weighted by atomic mass is 9.88. The van der Waals surface area contributed by atoms with E-state index in [2.05, 4.69) is 65.8 Å². The van der Waals surface area contributed by atoms with Crippen molar-refractivity contribution in [1.82, 2.24) is 25.3 Å². The van der Waals surface area contributed by atoms with E-state index in [1.807, 2.05) is 48.6 Å². The third-order valence-electron chi connectivity index (χ3n) is 9.85. The maximum Gasteiger partial charge on any atom is 0.254 e. The van der Waals surface area contributed by atoms with Gasteiger partial charge in [-0.15, -0.1) is 0 Å². The fourth-order valence-electron chi connectivity index (χ4n) is 6.86. The Labute approximate surface area is 313 Å². The maximum atomic E-state index is 12.9. The lowest BCUT2D eigenvalue weighted by molar-refractivity contribution is -0.142. The summed E-state index contributed by atoms with van der Waals surface area (Å²) in [7, 11) is 0. The number of ether oxygens (including phenoxy) is 1. The predicted molar refractivity (Wildman–Crippen MR) is 210 cm³/mol. The number of rotatable bonds is 16. The highest BCUT2D eigenvalue weighted by atomic mass is 16.5. The first kappa shape index (κ1) is 38.8. The first-order valence-electron chi connectivity index (χ1n) is 18.2. The fraction of sp³-hybridized carbons (Fsp3) is 0.326. The van der Waals surface area contributed by atoms with Gasteiger partial charge in [0.15, 0.2) is 0 Å². The average Bonchev–Trinajstić information content (AvgIpc) is 3.43. The van der Waals surface area contributed by atoms with Crippen LogP contribution in [0.2, 0.25) is 0 Å². The Balaban J connectivity index is 1.02. The summed E-state index contributed by atoms with van der Waals surface area (Å²) in [6.45, 7) is 25.4. The van der Waals surface area contributed by atoms with Gasteiger partial charge >= 0.3 is 0 Å². The Morgan fingerprint density at radius 2 is 1.68 bits per heavy atom. The quantitative estimate of drug-likeness (QED) is 0.0542. The third kappa shape index (κ3) is 10.1. The Kier molecular flexibility index (Phi) is 13.4. The highest BCUT2D eigenvalue weighted by Crippen LogP contribution is 2.35. The van der Waals surface area contributed by atoms with Crippen molar-refractivity contribution in [2.75, 3.05) is 59.0 Å². The van der Waals surface area contributed by atoms with Gasteiger partial charge in [-0.25, -0.2) is 0 Å². The summed E-state index contributed by atoms with van der Waals surface area (Å²) in [6, 6.07) is 16.8. The number of carbonyl (C=O) groups excluding carboxylic acids is 3. The molecule has 0 bridgehead atoms. The monoisotopic (exact) mass is 717 g/mol. The number of likely N-dealkylation sites (tertiary alicyclic amines) is 1. The fourth-order valence-corrected chi connectivity index (χ4v) is 6.86. The molecular formula is C43H51N5O5. The number of amides is 3. The summed E-state index contributed by atoms with van der Waals surface area (Å²) in [5, 5.41) is 15.7. The van der Waals surface area contributed by atoms with Crippen molar-refractivity contribution in [1.29, 1.82) is 0 Å². The van der Waals surface area contributed by atoms with E-state index >= 15 is 0 Å². The highest BCUT2D eigenvalue weighted by Gasteiger charge is 2.40. The molecule has 3 amide bonds. The second kappa shape index (κ2) is 18.3. The lowest BCUT2D eigenvalue weighted by Gasteiger charge is -2.36. The number of hydrogen-bond acceptors (Lipinski definition) is 8. The number of benzene rings is 2. The molecule has 5 rings (SSSR count). The normalized spacial score (nSPS) is 19.5. The van der Waals surface area contributed by atoms with Crippen LogP contribution < -0.4 is 10.6 Å². The number of piperazine rings is 1. The van der Waals surface area contributed by atoms with E-state index in [4.69, 9.17) is 4.74 Å². The van der Waals surface area contributed by atoms with Crippen LogP contribution in [0.4, 0.5) is 0 Å². The third-order valence-corrected chi connectivity index (χ3v) is 9.85. The van der Waals surface area contributed by atoms with Gasteiger partial charge in [-0.2, -0.15) is 0 Å².